The van der Waals surface area contributed by atoms with E-state index in [-0.39, 0.29) is 6.42 Å². The average Bonchev–Trinajstić information content (AvgIpc) is 3.18. The van der Waals surface area contributed by atoms with Gasteiger partial charge in [-0.05, 0) is 48.6 Å². The van der Waals surface area contributed by atoms with Gasteiger partial charge in [-0.15, -0.1) is 0 Å². The van der Waals surface area contributed by atoms with Crippen LogP contribution in [0.15, 0.2) is 36.7 Å². The zero-order valence-electron chi connectivity index (χ0n) is 21.6. The Balaban J connectivity index is 0.000000196. The molecule has 1 fully saturated rings. The molecule has 8 heteroatoms. The molecule has 0 saturated heterocycles. The van der Waals surface area contributed by atoms with Gasteiger partial charge in [0.15, 0.2) is 0 Å². The van der Waals surface area contributed by atoms with Gasteiger partial charge in [-0.25, -0.2) is 9.97 Å². The molecule has 2 aromatic heterocycles. The molecule has 0 spiro atoms. The van der Waals surface area contributed by atoms with Crippen LogP contribution < -0.4 is 10.5 Å². The van der Waals surface area contributed by atoms with Gasteiger partial charge in [0.2, 0.25) is 0 Å². The number of anilines is 1. The number of methoxy groups -OCH3 is 1. The Labute approximate surface area is 207 Å². The number of aromatic nitrogens is 4. The number of hydrogen-bond donors (Lipinski definition) is 1. The summed E-state index contributed by atoms with van der Waals surface area (Å²) in [5.41, 5.74) is 9.17. The molecule has 0 unspecified atom stereocenters. The summed E-state index contributed by atoms with van der Waals surface area (Å²) in [6.07, 6.45) is 11.5. The minimum absolute atomic E-state index is 0.146. The van der Waals surface area contributed by atoms with E-state index < -0.39 is 6.04 Å². The van der Waals surface area contributed by atoms with Crippen molar-refractivity contribution in [1.82, 2.24) is 19.7 Å². The molecule has 1 aliphatic rings. The number of benzene rings is 1. The lowest BCUT2D eigenvalue weighted by atomic mass is 9.91. The smallest absolute Gasteiger partial charge is 0.305 e. The van der Waals surface area contributed by atoms with Crippen molar-refractivity contribution in [1.29, 1.82) is 0 Å². The van der Waals surface area contributed by atoms with Crippen LogP contribution >= 0.6 is 0 Å². The van der Waals surface area contributed by atoms with Gasteiger partial charge in [-0.2, -0.15) is 9.49 Å². The SMILES string of the molecule is CC1CCCCC1.CCc1cc(OC)ccc1CC(=O)F.Cc1nccc(-c2cnn(C)c2N)n1. The van der Waals surface area contributed by atoms with E-state index in [2.05, 4.69) is 22.0 Å². The van der Waals surface area contributed by atoms with E-state index in [0.717, 1.165) is 46.3 Å². The number of nitrogen functional groups attached to an aromatic ring is 1. The first kappa shape index (κ1) is 28.0. The Morgan fingerprint density at radius 2 is 1.91 bits per heavy atom. The number of carbonyl (C=O) groups excluding carboxylic acids is 1. The number of hydrogen-bond acceptors (Lipinski definition) is 6. The lowest BCUT2D eigenvalue weighted by Crippen LogP contribution is -1.99. The van der Waals surface area contributed by atoms with Crippen LogP contribution in [0.25, 0.3) is 11.3 Å². The highest BCUT2D eigenvalue weighted by molar-refractivity contribution is 5.72. The Hall–Kier alpha value is -3.29. The molecule has 190 valence electrons. The molecular weight excluding hydrogens is 445 g/mol. The maximum atomic E-state index is 12.2. The second kappa shape index (κ2) is 14.2. The zero-order valence-corrected chi connectivity index (χ0v) is 21.6. The number of nitrogens with zero attached hydrogens (tertiary/aromatic N) is 4. The molecular formula is C27H38FN5O2. The fraction of sp³-hybridized carbons (Fsp3) is 0.481. The fourth-order valence-electron chi connectivity index (χ4n) is 3.94. The minimum Gasteiger partial charge on any atom is -0.497 e. The van der Waals surface area contributed by atoms with Crippen molar-refractivity contribution in [3.05, 3.63) is 53.6 Å². The summed E-state index contributed by atoms with van der Waals surface area (Å²) in [5, 5.41) is 4.05. The van der Waals surface area contributed by atoms with Gasteiger partial charge in [0.1, 0.15) is 17.4 Å². The summed E-state index contributed by atoms with van der Waals surface area (Å²) in [4.78, 5) is 18.6. The first-order chi connectivity index (χ1) is 16.7. The normalized spacial score (nSPS) is 13.2. The maximum Gasteiger partial charge on any atom is 0.305 e. The molecule has 0 amide bonds. The van der Waals surface area contributed by atoms with Crippen LogP contribution in [0.2, 0.25) is 0 Å². The molecule has 4 rings (SSSR count). The summed E-state index contributed by atoms with van der Waals surface area (Å²) in [6, 6.07) is 5.82. The summed E-state index contributed by atoms with van der Waals surface area (Å²) in [7, 11) is 3.38. The monoisotopic (exact) mass is 483 g/mol. The Morgan fingerprint density at radius 1 is 1.20 bits per heavy atom. The highest BCUT2D eigenvalue weighted by Gasteiger charge is 2.09. The van der Waals surface area contributed by atoms with Gasteiger partial charge in [-0.3, -0.25) is 9.48 Å². The molecule has 3 aromatic rings. The van der Waals surface area contributed by atoms with E-state index >= 15 is 0 Å². The van der Waals surface area contributed by atoms with Crippen molar-refractivity contribution >= 4 is 11.9 Å². The molecule has 0 radical (unpaired) electrons. The van der Waals surface area contributed by atoms with Crippen LogP contribution in [-0.2, 0) is 24.7 Å². The first-order valence-corrected chi connectivity index (χ1v) is 12.2. The van der Waals surface area contributed by atoms with Gasteiger partial charge in [0, 0.05) is 13.2 Å². The molecule has 1 aromatic carbocycles. The Bertz CT molecular complexity index is 1080. The van der Waals surface area contributed by atoms with E-state index in [9.17, 15) is 9.18 Å². The Kier molecular flexibility index (Phi) is 11.3. The zero-order chi connectivity index (χ0) is 25.8. The standard InChI is InChI=1S/C11H13FO2.C9H11N5.C7H14/c1-3-8-6-10(14-2)5-4-9(8)7-11(12)13;1-6-11-4-3-8(13-6)7-5-12-14(2)9(7)10;1-7-5-3-2-4-6-7/h4-6H,3,7H2,1-2H3;3-5H,10H2,1-2H3;7H,2-6H2,1H3. The summed E-state index contributed by atoms with van der Waals surface area (Å²) >= 11 is 0. The van der Waals surface area contributed by atoms with E-state index in [1.807, 2.05) is 26.0 Å². The van der Waals surface area contributed by atoms with Crippen molar-refractivity contribution in [2.75, 3.05) is 12.8 Å². The van der Waals surface area contributed by atoms with Crippen molar-refractivity contribution in [3.8, 4) is 17.0 Å². The van der Waals surface area contributed by atoms with Gasteiger partial charge in [0.05, 0.1) is 31.0 Å². The third-order valence-corrected chi connectivity index (χ3v) is 6.05. The van der Waals surface area contributed by atoms with Crippen molar-refractivity contribution in [3.63, 3.8) is 0 Å². The molecule has 0 atom stereocenters. The maximum absolute atomic E-state index is 12.2. The number of halogens is 1. The van der Waals surface area contributed by atoms with Crippen LogP contribution in [0.5, 0.6) is 5.75 Å². The predicted molar refractivity (Wildman–Crippen MR) is 138 cm³/mol. The highest BCUT2D eigenvalue weighted by Crippen LogP contribution is 2.23. The second-order valence-corrected chi connectivity index (χ2v) is 8.82. The van der Waals surface area contributed by atoms with Gasteiger partial charge in [-0.1, -0.05) is 52.0 Å². The minimum atomic E-state index is -1.30. The number of carbonyl (C=O) groups is 1. The molecule has 2 N–H and O–H groups in total. The highest BCUT2D eigenvalue weighted by atomic mass is 19.1. The summed E-state index contributed by atoms with van der Waals surface area (Å²) in [6.45, 7) is 6.16. The van der Waals surface area contributed by atoms with Crippen LogP contribution in [0.4, 0.5) is 10.2 Å². The van der Waals surface area contributed by atoms with E-state index in [1.165, 1.54) is 32.1 Å². The summed E-state index contributed by atoms with van der Waals surface area (Å²) < 4.78 is 18.9. The number of nitrogens with two attached hydrogens (primary N) is 1. The van der Waals surface area contributed by atoms with E-state index in [1.54, 1.807) is 43.4 Å². The average molecular weight is 484 g/mol. The molecule has 1 saturated carbocycles. The van der Waals surface area contributed by atoms with Crippen LogP contribution in [0.1, 0.15) is 62.9 Å². The lowest BCUT2D eigenvalue weighted by Gasteiger charge is -2.15. The molecule has 2 heterocycles. The van der Waals surface area contributed by atoms with Crippen LogP contribution in [0.3, 0.4) is 0 Å². The molecule has 7 nitrogen and oxygen atoms in total. The quantitative estimate of drug-likeness (QED) is 0.471. The lowest BCUT2D eigenvalue weighted by molar-refractivity contribution is -0.128. The van der Waals surface area contributed by atoms with Gasteiger partial charge in [0.25, 0.3) is 0 Å². The van der Waals surface area contributed by atoms with Crippen LogP contribution in [-0.4, -0.2) is 32.9 Å². The molecule has 0 aliphatic heterocycles. The molecule has 1 aliphatic carbocycles. The topological polar surface area (TPSA) is 95.9 Å². The molecule has 35 heavy (non-hydrogen) atoms. The third-order valence-electron chi connectivity index (χ3n) is 6.05. The summed E-state index contributed by atoms with van der Waals surface area (Å²) in [5.74, 6) is 3.11. The van der Waals surface area contributed by atoms with Crippen molar-refractivity contribution in [2.24, 2.45) is 13.0 Å². The van der Waals surface area contributed by atoms with E-state index in [4.69, 9.17) is 10.5 Å². The van der Waals surface area contributed by atoms with Gasteiger partial charge < -0.3 is 10.5 Å². The first-order valence-electron chi connectivity index (χ1n) is 12.2. The predicted octanol–water partition coefficient (Wildman–Crippen LogP) is 5.65. The number of ether oxygens (including phenoxy) is 1. The van der Waals surface area contributed by atoms with Crippen molar-refractivity contribution < 1.29 is 13.9 Å². The van der Waals surface area contributed by atoms with E-state index in [0.29, 0.717) is 5.82 Å². The number of aryl methyl sites for hydroxylation is 3. The Morgan fingerprint density at radius 3 is 2.40 bits per heavy atom. The number of rotatable bonds is 5. The second-order valence-electron chi connectivity index (χ2n) is 8.82. The van der Waals surface area contributed by atoms with Crippen LogP contribution in [0, 0.1) is 12.8 Å². The van der Waals surface area contributed by atoms with Gasteiger partial charge >= 0.3 is 6.04 Å². The van der Waals surface area contributed by atoms with Crippen molar-refractivity contribution in [2.45, 2.75) is 65.7 Å². The third kappa shape index (κ3) is 9.11. The largest absolute Gasteiger partial charge is 0.497 e. The molecule has 0 bridgehead atoms. The fourth-order valence-corrected chi connectivity index (χ4v) is 3.94.